The molecule has 0 aliphatic carbocycles. The lowest BCUT2D eigenvalue weighted by Crippen LogP contribution is -2.21. The number of carbonyl (C=O) groups excluding carboxylic acids is 1. The Morgan fingerprint density at radius 3 is 2.30 bits per heavy atom. The number of rotatable bonds is 7. The van der Waals surface area contributed by atoms with E-state index in [-0.39, 0.29) is 5.91 Å². The monoisotopic (exact) mass is 440 g/mol. The van der Waals surface area contributed by atoms with Crippen LogP contribution in [0.4, 0.5) is 5.69 Å². The molecule has 1 aliphatic rings. The Kier molecular flexibility index (Phi) is 6.59. The Hall–Kier alpha value is -3.86. The number of ether oxygens (including phenoxy) is 2. The lowest BCUT2D eigenvalue weighted by Gasteiger charge is -2.14. The van der Waals surface area contributed by atoms with Gasteiger partial charge in [0.1, 0.15) is 6.61 Å². The second kappa shape index (κ2) is 9.74. The van der Waals surface area contributed by atoms with Gasteiger partial charge in [-0.2, -0.15) is 10.1 Å². The first kappa shape index (κ1) is 22.3. The minimum absolute atomic E-state index is 0.146. The summed E-state index contributed by atoms with van der Waals surface area (Å²) in [4.78, 5) is 13.0. The van der Waals surface area contributed by atoms with Crippen molar-refractivity contribution >= 4 is 23.4 Å². The van der Waals surface area contributed by atoms with Gasteiger partial charge in [0.15, 0.2) is 11.5 Å². The molecule has 0 N–H and O–H groups in total. The number of carbonyl (C=O) groups is 1. The maximum atomic E-state index is 13.0. The lowest BCUT2D eigenvalue weighted by molar-refractivity contribution is -0.114. The Labute approximate surface area is 195 Å². The summed E-state index contributed by atoms with van der Waals surface area (Å²) in [6.07, 6.45) is 1.85. The second-order valence-electron chi connectivity index (χ2n) is 8.12. The SMILES string of the molecule is CCOc1cc(/C=C2/C(=O)N(c3ccccc3)N=C2C)ccc1OCc1cc(C)cc(C)c1. The molecule has 0 fully saturated rings. The summed E-state index contributed by atoms with van der Waals surface area (Å²) in [6, 6.07) is 21.5. The first-order valence-electron chi connectivity index (χ1n) is 11.1. The molecule has 0 spiro atoms. The van der Waals surface area contributed by atoms with E-state index in [4.69, 9.17) is 9.47 Å². The number of benzene rings is 3. The third-order valence-corrected chi connectivity index (χ3v) is 5.32. The van der Waals surface area contributed by atoms with E-state index in [1.807, 2.05) is 68.5 Å². The molecule has 33 heavy (non-hydrogen) atoms. The highest BCUT2D eigenvalue weighted by Gasteiger charge is 2.28. The van der Waals surface area contributed by atoms with Crippen molar-refractivity contribution in [1.82, 2.24) is 0 Å². The van der Waals surface area contributed by atoms with Crippen LogP contribution in [0.25, 0.3) is 6.08 Å². The van der Waals surface area contributed by atoms with Crippen LogP contribution in [0.2, 0.25) is 0 Å². The molecule has 0 unspecified atom stereocenters. The highest BCUT2D eigenvalue weighted by atomic mass is 16.5. The van der Waals surface area contributed by atoms with Gasteiger partial charge in [-0.3, -0.25) is 4.79 Å². The first-order chi connectivity index (χ1) is 15.9. The quantitative estimate of drug-likeness (QED) is 0.418. The van der Waals surface area contributed by atoms with E-state index in [0.29, 0.717) is 36.0 Å². The highest BCUT2D eigenvalue weighted by Crippen LogP contribution is 2.31. The summed E-state index contributed by atoms with van der Waals surface area (Å²) >= 11 is 0. The van der Waals surface area contributed by atoms with Gasteiger partial charge in [0.05, 0.1) is 23.6 Å². The van der Waals surface area contributed by atoms with Crippen LogP contribution in [-0.4, -0.2) is 18.2 Å². The van der Waals surface area contributed by atoms with E-state index in [1.54, 1.807) is 0 Å². The zero-order valence-electron chi connectivity index (χ0n) is 19.5. The largest absolute Gasteiger partial charge is 0.490 e. The Morgan fingerprint density at radius 1 is 0.879 bits per heavy atom. The molecule has 3 aromatic carbocycles. The van der Waals surface area contributed by atoms with Crippen LogP contribution in [0.1, 0.15) is 36.1 Å². The fourth-order valence-corrected chi connectivity index (χ4v) is 3.91. The predicted octanol–water partition coefficient (Wildman–Crippen LogP) is 6.09. The topological polar surface area (TPSA) is 51.1 Å². The first-order valence-corrected chi connectivity index (χ1v) is 11.1. The lowest BCUT2D eigenvalue weighted by atomic mass is 10.1. The maximum absolute atomic E-state index is 13.0. The van der Waals surface area contributed by atoms with E-state index in [0.717, 1.165) is 16.8 Å². The molecule has 1 heterocycles. The van der Waals surface area contributed by atoms with Crippen LogP contribution in [0, 0.1) is 13.8 Å². The van der Waals surface area contributed by atoms with Crippen molar-refractivity contribution < 1.29 is 14.3 Å². The maximum Gasteiger partial charge on any atom is 0.280 e. The molecule has 0 saturated heterocycles. The van der Waals surface area contributed by atoms with Gasteiger partial charge in [-0.25, -0.2) is 0 Å². The number of hydrogen-bond acceptors (Lipinski definition) is 4. The molecular weight excluding hydrogens is 412 g/mol. The predicted molar refractivity (Wildman–Crippen MR) is 133 cm³/mol. The molecule has 0 aromatic heterocycles. The van der Waals surface area contributed by atoms with Crippen LogP contribution in [0.15, 0.2) is 77.4 Å². The smallest absolute Gasteiger partial charge is 0.280 e. The van der Waals surface area contributed by atoms with E-state index in [9.17, 15) is 4.79 Å². The average Bonchev–Trinajstić information content (AvgIpc) is 3.07. The number of amides is 1. The molecule has 0 radical (unpaired) electrons. The number of nitrogens with zero attached hydrogens (tertiary/aromatic N) is 2. The zero-order chi connectivity index (χ0) is 23.4. The summed E-state index contributed by atoms with van der Waals surface area (Å²) in [7, 11) is 0. The molecular formula is C28H28N2O3. The molecule has 0 atom stereocenters. The van der Waals surface area contributed by atoms with Crippen molar-refractivity contribution in [3.8, 4) is 11.5 Å². The normalized spacial score (nSPS) is 14.5. The van der Waals surface area contributed by atoms with Crippen molar-refractivity contribution in [2.45, 2.75) is 34.3 Å². The molecule has 4 rings (SSSR count). The highest BCUT2D eigenvalue weighted by molar-refractivity contribution is 6.32. The molecule has 3 aromatic rings. The molecule has 168 valence electrons. The number of para-hydroxylation sites is 1. The van der Waals surface area contributed by atoms with Gasteiger partial charge in [-0.1, -0.05) is 53.6 Å². The zero-order valence-corrected chi connectivity index (χ0v) is 19.5. The third-order valence-electron chi connectivity index (χ3n) is 5.32. The summed E-state index contributed by atoms with van der Waals surface area (Å²) in [5.41, 5.74) is 6.37. The Bertz CT molecular complexity index is 1210. The van der Waals surface area contributed by atoms with Gasteiger partial charge in [0, 0.05) is 0 Å². The van der Waals surface area contributed by atoms with Crippen molar-refractivity contribution in [2.75, 3.05) is 11.6 Å². The standard InChI is InChI=1S/C28H28N2O3/c1-5-32-27-17-22(11-12-26(27)33-18-23-14-19(2)13-20(3)15-23)16-25-21(4)29-30(28(25)31)24-9-7-6-8-10-24/h6-17H,5,18H2,1-4H3/b25-16+. The fourth-order valence-electron chi connectivity index (χ4n) is 3.91. The number of hydrogen-bond donors (Lipinski definition) is 0. The van der Waals surface area contributed by atoms with Gasteiger partial charge in [-0.15, -0.1) is 0 Å². The minimum atomic E-state index is -0.146. The molecule has 0 saturated carbocycles. The van der Waals surface area contributed by atoms with Gasteiger partial charge in [-0.05, 0) is 69.2 Å². The summed E-state index contributed by atoms with van der Waals surface area (Å²) in [5, 5.41) is 5.88. The average molecular weight is 441 g/mol. The van der Waals surface area contributed by atoms with Gasteiger partial charge in [0.25, 0.3) is 5.91 Å². The van der Waals surface area contributed by atoms with Gasteiger partial charge < -0.3 is 9.47 Å². The van der Waals surface area contributed by atoms with E-state index in [2.05, 4.69) is 37.1 Å². The van der Waals surface area contributed by atoms with Crippen molar-refractivity contribution in [3.63, 3.8) is 0 Å². The molecule has 5 heteroatoms. The molecule has 0 bridgehead atoms. The van der Waals surface area contributed by atoms with E-state index in [1.165, 1.54) is 16.1 Å². The Balaban J connectivity index is 1.56. The van der Waals surface area contributed by atoms with E-state index < -0.39 is 0 Å². The summed E-state index contributed by atoms with van der Waals surface area (Å²) in [5.74, 6) is 1.18. The van der Waals surface area contributed by atoms with Crippen molar-refractivity contribution in [2.24, 2.45) is 5.10 Å². The minimum Gasteiger partial charge on any atom is -0.490 e. The van der Waals surface area contributed by atoms with Crippen LogP contribution in [-0.2, 0) is 11.4 Å². The fraction of sp³-hybridized carbons (Fsp3) is 0.214. The van der Waals surface area contributed by atoms with Crippen LogP contribution < -0.4 is 14.5 Å². The van der Waals surface area contributed by atoms with Crippen molar-refractivity contribution in [3.05, 3.63) is 94.6 Å². The van der Waals surface area contributed by atoms with E-state index >= 15 is 0 Å². The second-order valence-corrected chi connectivity index (χ2v) is 8.12. The number of aryl methyl sites for hydroxylation is 2. The number of hydrazone groups is 1. The van der Waals surface area contributed by atoms with Gasteiger partial charge >= 0.3 is 0 Å². The Morgan fingerprint density at radius 2 is 1.61 bits per heavy atom. The molecule has 1 amide bonds. The summed E-state index contributed by atoms with van der Waals surface area (Å²) < 4.78 is 11.9. The van der Waals surface area contributed by atoms with Crippen LogP contribution in [0.3, 0.4) is 0 Å². The van der Waals surface area contributed by atoms with Crippen LogP contribution >= 0.6 is 0 Å². The molecule has 5 nitrogen and oxygen atoms in total. The molecule has 1 aliphatic heterocycles. The van der Waals surface area contributed by atoms with Gasteiger partial charge in [0.2, 0.25) is 0 Å². The number of anilines is 1. The van der Waals surface area contributed by atoms with Crippen LogP contribution in [0.5, 0.6) is 11.5 Å². The van der Waals surface area contributed by atoms with Crippen molar-refractivity contribution in [1.29, 1.82) is 0 Å². The summed E-state index contributed by atoms with van der Waals surface area (Å²) in [6.45, 7) is 8.92. The third kappa shape index (κ3) is 5.14.